The van der Waals surface area contributed by atoms with E-state index in [4.69, 9.17) is 4.74 Å². The summed E-state index contributed by atoms with van der Waals surface area (Å²) in [4.78, 5) is 27.5. The van der Waals surface area contributed by atoms with Gasteiger partial charge in [-0.1, -0.05) is 31.2 Å². The van der Waals surface area contributed by atoms with E-state index in [-0.39, 0.29) is 29.2 Å². The van der Waals surface area contributed by atoms with Crippen molar-refractivity contribution in [2.75, 3.05) is 25.0 Å². The minimum Gasteiger partial charge on any atom is -0.478 e. The number of benzene rings is 2. The molecule has 2 aromatic carbocycles. The van der Waals surface area contributed by atoms with Crippen LogP contribution >= 0.6 is 0 Å². The normalized spacial score (nSPS) is 22.6. The van der Waals surface area contributed by atoms with Gasteiger partial charge in [0.05, 0.1) is 16.5 Å². The average molecular weight is 498 g/mol. The lowest BCUT2D eigenvalue weighted by Gasteiger charge is -2.36. The van der Waals surface area contributed by atoms with Crippen LogP contribution in [0.2, 0.25) is 0 Å². The molecule has 1 N–H and O–H groups in total. The molecule has 5 rings (SSSR count). The summed E-state index contributed by atoms with van der Waals surface area (Å²) in [5.74, 6) is -0.204. The van der Waals surface area contributed by atoms with E-state index in [1.165, 1.54) is 15.9 Å². The summed E-state index contributed by atoms with van der Waals surface area (Å²) in [5.41, 5.74) is 3.45. The number of ether oxygens (including phenoxy) is 1. The highest BCUT2D eigenvalue weighted by atomic mass is 32.2. The summed E-state index contributed by atoms with van der Waals surface area (Å²) in [5, 5.41) is 2.80. The molecule has 0 aromatic heterocycles. The summed E-state index contributed by atoms with van der Waals surface area (Å²) >= 11 is 0. The van der Waals surface area contributed by atoms with Crippen molar-refractivity contribution in [2.24, 2.45) is 5.92 Å². The van der Waals surface area contributed by atoms with Crippen molar-refractivity contribution in [3.8, 4) is 5.75 Å². The molecule has 3 aliphatic heterocycles. The van der Waals surface area contributed by atoms with Gasteiger partial charge >= 0.3 is 0 Å². The van der Waals surface area contributed by atoms with E-state index in [9.17, 15) is 18.0 Å². The first-order chi connectivity index (χ1) is 16.8. The van der Waals surface area contributed by atoms with Crippen LogP contribution in [0.15, 0.2) is 41.3 Å². The molecular formula is C26H31N3O5S. The number of carbonyl (C=O) groups is 2. The smallest absolute Gasteiger partial charge is 0.265 e. The first-order valence-corrected chi connectivity index (χ1v) is 13.7. The number of hydrogen-bond donors (Lipinski definition) is 1. The minimum absolute atomic E-state index is 0.0263. The number of anilines is 1. The Bertz CT molecular complexity index is 1280. The Labute approximate surface area is 206 Å². The van der Waals surface area contributed by atoms with Gasteiger partial charge < -0.3 is 15.0 Å². The Morgan fingerprint density at radius 1 is 1.17 bits per heavy atom. The molecule has 0 unspecified atom stereocenters. The Morgan fingerprint density at radius 3 is 2.71 bits per heavy atom. The maximum atomic E-state index is 13.7. The molecule has 0 aliphatic carbocycles. The van der Waals surface area contributed by atoms with Crippen LogP contribution in [0.1, 0.15) is 42.9 Å². The number of fused-ring (bicyclic) bond motifs is 2. The van der Waals surface area contributed by atoms with Gasteiger partial charge in [0.1, 0.15) is 5.75 Å². The van der Waals surface area contributed by atoms with E-state index >= 15 is 0 Å². The monoisotopic (exact) mass is 497 g/mol. The predicted octanol–water partition coefficient (Wildman–Crippen LogP) is 3.09. The first-order valence-electron chi connectivity index (χ1n) is 12.3. The topological polar surface area (TPSA) is 96.0 Å². The Balaban J connectivity index is 1.35. The largest absolute Gasteiger partial charge is 0.478 e. The Hall–Kier alpha value is -2.91. The summed E-state index contributed by atoms with van der Waals surface area (Å²) < 4.78 is 34.6. The third kappa shape index (κ3) is 4.43. The van der Waals surface area contributed by atoms with Gasteiger partial charge in [-0.3, -0.25) is 9.59 Å². The molecule has 0 bridgehead atoms. The van der Waals surface area contributed by atoms with Gasteiger partial charge in [0.15, 0.2) is 6.10 Å². The second-order valence-electron chi connectivity index (χ2n) is 9.60. The second-order valence-corrected chi connectivity index (χ2v) is 11.5. The molecular weight excluding hydrogens is 466 g/mol. The van der Waals surface area contributed by atoms with Crippen molar-refractivity contribution in [2.45, 2.75) is 57.1 Å². The van der Waals surface area contributed by atoms with Crippen LogP contribution in [-0.2, 0) is 32.6 Å². The van der Waals surface area contributed by atoms with Crippen molar-refractivity contribution in [3.05, 3.63) is 53.1 Å². The van der Waals surface area contributed by atoms with Crippen LogP contribution in [0, 0.1) is 12.8 Å². The fourth-order valence-electron chi connectivity index (χ4n) is 5.27. The standard InChI is InChI=1S/C26H31N3O5S/c1-3-22-25(30)27-21-13-17(2)24(14-23(21)34-22)35(32,33)29-11-6-9-20(16-29)26(31)28-12-10-18-7-4-5-8-19(18)15-28/h4-5,7-8,13-14,20,22H,3,6,9-12,15-16H2,1-2H3,(H,27,30)/t20-,22-/m1/s1. The zero-order valence-corrected chi connectivity index (χ0v) is 20.9. The molecule has 35 heavy (non-hydrogen) atoms. The van der Waals surface area contributed by atoms with Gasteiger partial charge in [-0.2, -0.15) is 4.31 Å². The summed E-state index contributed by atoms with van der Waals surface area (Å²) in [6.45, 7) is 5.33. The average Bonchev–Trinajstić information content (AvgIpc) is 2.87. The molecule has 3 aliphatic rings. The van der Waals surface area contributed by atoms with Crippen molar-refractivity contribution in [1.82, 2.24) is 9.21 Å². The molecule has 2 atom stereocenters. The highest BCUT2D eigenvalue weighted by molar-refractivity contribution is 7.89. The Morgan fingerprint density at radius 2 is 1.94 bits per heavy atom. The molecule has 8 nitrogen and oxygen atoms in total. The lowest BCUT2D eigenvalue weighted by atomic mass is 9.95. The van der Waals surface area contributed by atoms with Crippen LogP contribution in [0.5, 0.6) is 5.75 Å². The molecule has 2 aromatic rings. The van der Waals surface area contributed by atoms with Crippen molar-refractivity contribution >= 4 is 27.5 Å². The summed E-state index contributed by atoms with van der Waals surface area (Å²) in [6, 6.07) is 11.3. The number of rotatable bonds is 4. The lowest BCUT2D eigenvalue weighted by molar-refractivity contribution is -0.137. The quantitative estimate of drug-likeness (QED) is 0.700. The van der Waals surface area contributed by atoms with E-state index in [2.05, 4.69) is 17.4 Å². The fourth-order valence-corrected chi connectivity index (χ4v) is 7.02. The highest BCUT2D eigenvalue weighted by Gasteiger charge is 2.37. The molecule has 0 saturated carbocycles. The van der Waals surface area contributed by atoms with Crippen molar-refractivity contribution < 1.29 is 22.7 Å². The summed E-state index contributed by atoms with van der Waals surface area (Å²) in [6.07, 6.45) is 1.97. The van der Waals surface area contributed by atoms with Gasteiger partial charge in [-0.05, 0) is 55.4 Å². The molecule has 3 heterocycles. The van der Waals surface area contributed by atoms with Gasteiger partial charge in [-0.15, -0.1) is 0 Å². The van der Waals surface area contributed by atoms with Crippen LogP contribution in [0.4, 0.5) is 5.69 Å². The van der Waals surface area contributed by atoms with Crippen molar-refractivity contribution in [1.29, 1.82) is 0 Å². The first kappa shape index (κ1) is 23.8. The minimum atomic E-state index is -3.84. The van der Waals surface area contributed by atoms with Crippen LogP contribution in [-0.4, -0.2) is 55.2 Å². The zero-order valence-electron chi connectivity index (χ0n) is 20.1. The number of sulfonamides is 1. The second kappa shape index (κ2) is 9.28. The van der Waals surface area contributed by atoms with E-state index in [1.54, 1.807) is 13.0 Å². The highest BCUT2D eigenvalue weighted by Crippen LogP contribution is 2.37. The SMILES string of the molecule is CC[C@H]1Oc2cc(S(=O)(=O)N3CCC[C@@H](C(=O)N4CCc5ccccc5C4)C3)c(C)cc2NC1=O. The molecule has 1 fully saturated rings. The molecule has 2 amide bonds. The molecule has 1 saturated heterocycles. The number of hydrogen-bond acceptors (Lipinski definition) is 5. The van der Waals surface area contributed by atoms with Gasteiger partial charge in [-0.25, -0.2) is 8.42 Å². The van der Waals surface area contributed by atoms with Crippen molar-refractivity contribution in [3.63, 3.8) is 0 Å². The molecule has 0 radical (unpaired) electrons. The van der Waals surface area contributed by atoms with Crippen LogP contribution in [0.25, 0.3) is 0 Å². The van der Waals surface area contributed by atoms with Gasteiger partial charge in [0.25, 0.3) is 5.91 Å². The van der Waals surface area contributed by atoms with E-state index in [1.807, 2.05) is 24.0 Å². The third-order valence-corrected chi connectivity index (χ3v) is 9.27. The number of aryl methyl sites for hydroxylation is 1. The molecule has 0 spiro atoms. The van der Waals surface area contributed by atoms with Crippen LogP contribution in [0.3, 0.4) is 0 Å². The van der Waals surface area contributed by atoms with E-state index in [0.717, 1.165) is 12.0 Å². The zero-order chi connectivity index (χ0) is 24.7. The lowest BCUT2D eigenvalue weighted by Crippen LogP contribution is -2.47. The van der Waals surface area contributed by atoms with Gasteiger partial charge in [0, 0.05) is 32.2 Å². The molecule has 9 heteroatoms. The maximum absolute atomic E-state index is 13.7. The number of nitrogens with zero attached hydrogens (tertiary/aromatic N) is 2. The number of carbonyl (C=O) groups excluding carboxylic acids is 2. The number of amides is 2. The van der Waals surface area contributed by atoms with E-state index < -0.39 is 16.1 Å². The molecule has 186 valence electrons. The number of piperidine rings is 1. The van der Waals surface area contributed by atoms with Crippen LogP contribution < -0.4 is 10.1 Å². The Kier molecular flexibility index (Phi) is 6.31. The maximum Gasteiger partial charge on any atom is 0.265 e. The predicted molar refractivity (Wildman–Crippen MR) is 132 cm³/mol. The van der Waals surface area contributed by atoms with E-state index in [0.29, 0.717) is 55.9 Å². The third-order valence-electron chi connectivity index (χ3n) is 7.26. The fraction of sp³-hybridized carbons (Fsp3) is 0.462. The number of nitrogens with one attached hydrogen (secondary N) is 1. The van der Waals surface area contributed by atoms with Gasteiger partial charge in [0.2, 0.25) is 15.9 Å². The summed E-state index contributed by atoms with van der Waals surface area (Å²) in [7, 11) is -3.84.